The van der Waals surface area contributed by atoms with Crippen LogP contribution in [-0.2, 0) is 4.74 Å². The van der Waals surface area contributed by atoms with E-state index >= 15 is 0 Å². The highest BCUT2D eigenvalue weighted by Gasteiger charge is 2.24. The lowest BCUT2D eigenvalue weighted by molar-refractivity contribution is 0.0315. The number of methoxy groups -OCH3 is 2. The van der Waals surface area contributed by atoms with Gasteiger partial charge in [0.1, 0.15) is 5.56 Å². The summed E-state index contributed by atoms with van der Waals surface area (Å²) in [7, 11) is 2.93. The Morgan fingerprint density at radius 1 is 0.960 bits per heavy atom. The van der Waals surface area contributed by atoms with Gasteiger partial charge in [0.25, 0.3) is 0 Å². The first-order valence-corrected chi connectivity index (χ1v) is 7.92. The molecule has 0 saturated carbocycles. The Labute approximate surface area is 147 Å². The molecule has 0 aliphatic carbocycles. The van der Waals surface area contributed by atoms with Crippen molar-refractivity contribution in [3.8, 4) is 11.5 Å². The van der Waals surface area contributed by atoms with Crippen molar-refractivity contribution < 1.29 is 23.8 Å². The van der Waals surface area contributed by atoms with Gasteiger partial charge in [-0.3, -0.25) is 4.79 Å². The zero-order valence-electron chi connectivity index (χ0n) is 15.1. The highest BCUT2D eigenvalue weighted by Crippen LogP contribution is 2.31. The van der Waals surface area contributed by atoms with E-state index in [1.54, 1.807) is 37.3 Å². The molecule has 0 aliphatic heterocycles. The lowest BCUT2D eigenvalue weighted by atomic mass is 10.0. The van der Waals surface area contributed by atoms with E-state index in [4.69, 9.17) is 14.2 Å². The number of para-hydroxylation sites is 1. The van der Waals surface area contributed by atoms with Gasteiger partial charge < -0.3 is 14.2 Å². The Hall–Kier alpha value is -2.82. The Balaban J connectivity index is 2.20. The third kappa shape index (κ3) is 3.99. The molecule has 0 spiro atoms. The largest absolute Gasteiger partial charge is 0.493 e. The van der Waals surface area contributed by atoms with Gasteiger partial charge in [0.2, 0.25) is 5.78 Å². The summed E-state index contributed by atoms with van der Waals surface area (Å²) in [4.78, 5) is 25.0. The molecule has 5 nitrogen and oxygen atoms in total. The summed E-state index contributed by atoms with van der Waals surface area (Å²) in [6.45, 7) is 5.47. The van der Waals surface area contributed by atoms with Crippen LogP contribution >= 0.6 is 0 Å². The predicted molar refractivity (Wildman–Crippen MR) is 94.7 cm³/mol. The predicted octanol–water partition coefficient (Wildman–Crippen LogP) is 3.75. The summed E-state index contributed by atoms with van der Waals surface area (Å²) >= 11 is 0. The maximum atomic E-state index is 12.5. The normalized spacial score (nSPS) is 11.6. The third-order valence-corrected chi connectivity index (χ3v) is 4.07. The fraction of sp³-hybridized carbons (Fsp3) is 0.300. The maximum Gasteiger partial charge on any atom is 0.342 e. The van der Waals surface area contributed by atoms with E-state index in [1.165, 1.54) is 14.2 Å². The fourth-order valence-corrected chi connectivity index (χ4v) is 2.45. The summed E-state index contributed by atoms with van der Waals surface area (Å²) in [5, 5.41) is 0. The first-order valence-electron chi connectivity index (χ1n) is 7.92. The van der Waals surface area contributed by atoms with Crippen LogP contribution in [-0.4, -0.2) is 32.1 Å². The number of aryl methyl sites for hydroxylation is 2. The molecular formula is C20H22O5. The van der Waals surface area contributed by atoms with E-state index in [9.17, 15) is 9.59 Å². The number of esters is 1. The fourth-order valence-electron chi connectivity index (χ4n) is 2.45. The molecule has 25 heavy (non-hydrogen) atoms. The lowest BCUT2D eigenvalue weighted by Crippen LogP contribution is -2.24. The Kier molecular flexibility index (Phi) is 5.80. The van der Waals surface area contributed by atoms with Crippen LogP contribution in [0, 0.1) is 13.8 Å². The number of ketones is 1. The number of Topliss-reactive ketones (excluding diaryl/α,β-unsaturated/α-hetero) is 1. The molecule has 0 bridgehead atoms. The molecule has 1 atom stereocenters. The zero-order chi connectivity index (χ0) is 18.6. The van der Waals surface area contributed by atoms with Gasteiger partial charge in [0.15, 0.2) is 17.6 Å². The van der Waals surface area contributed by atoms with Gasteiger partial charge >= 0.3 is 5.97 Å². The average Bonchev–Trinajstić information content (AvgIpc) is 2.62. The number of hydrogen-bond donors (Lipinski definition) is 0. The van der Waals surface area contributed by atoms with Crippen LogP contribution in [0.25, 0.3) is 0 Å². The minimum atomic E-state index is -0.912. The Morgan fingerprint density at radius 2 is 1.68 bits per heavy atom. The molecule has 5 heteroatoms. The standard InChI is InChI=1S/C20H22O5/c1-12-9-10-15(11-13(12)2)18(21)14(3)25-20(22)16-7-6-8-17(23-4)19(16)24-5/h6-11,14H,1-5H3/t14-/m0/s1. The van der Waals surface area contributed by atoms with Crippen LogP contribution in [0.4, 0.5) is 0 Å². The Morgan fingerprint density at radius 3 is 2.28 bits per heavy atom. The van der Waals surface area contributed by atoms with Crippen LogP contribution in [0.5, 0.6) is 11.5 Å². The van der Waals surface area contributed by atoms with E-state index < -0.39 is 12.1 Å². The molecule has 0 heterocycles. The van der Waals surface area contributed by atoms with E-state index in [-0.39, 0.29) is 17.1 Å². The molecule has 2 rings (SSSR count). The van der Waals surface area contributed by atoms with Crippen molar-refractivity contribution in [1.82, 2.24) is 0 Å². The van der Waals surface area contributed by atoms with Crippen LogP contribution in [0.2, 0.25) is 0 Å². The Bertz CT molecular complexity index is 795. The zero-order valence-corrected chi connectivity index (χ0v) is 15.1. The first-order chi connectivity index (χ1) is 11.9. The second kappa shape index (κ2) is 7.83. The van der Waals surface area contributed by atoms with Gasteiger partial charge in [-0.1, -0.05) is 18.2 Å². The average molecular weight is 342 g/mol. The second-order valence-corrected chi connectivity index (χ2v) is 5.75. The molecular weight excluding hydrogens is 320 g/mol. The number of carbonyl (C=O) groups is 2. The molecule has 0 amide bonds. The van der Waals surface area contributed by atoms with Gasteiger partial charge in [-0.15, -0.1) is 0 Å². The number of rotatable bonds is 6. The van der Waals surface area contributed by atoms with Gasteiger partial charge in [-0.05, 0) is 50.1 Å². The minimum Gasteiger partial charge on any atom is -0.493 e. The molecule has 132 valence electrons. The van der Waals surface area contributed by atoms with Gasteiger partial charge in [0.05, 0.1) is 14.2 Å². The van der Waals surface area contributed by atoms with Crippen molar-refractivity contribution in [2.75, 3.05) is 14.2 Å². The molecule has 0 radical (unpaired) electrons. The van der Waals surface area contributed by atoms with Gasteiger partial charge in [0, 0.05) is 5.56 Å². The van der Waals surface area contributed by atoms with E-state index in [0.29, 0.717) is 11.3 Å². The van der Waals surface area contributed by atoms with Crippen molar-refractivity contribution in [1.29, 1.82) is 0 Å². The molecule has 0 aliphatic rings. The minimum absolute atomic E-state index is 0.210. The summed E-state index contributed by atoms with van der Waals surface area (Å²) in [5.74, 6) is -0.190. The quantitative estimate of drug-likeness (QED) is 0.591. The number of carbonyl (C=O) groups excluding carboxylic acids is 2. The monoisotopic (exact) mass is 342 g/mol. The number of ether oxygens (including phenoxy) is 3. The summed E-state index contributed by atoms with van der Waals surface area (Å²) in [5.41, 5.74) is 2.84. The number of benzene rings is 2. The topological polar surface area (TPSA) is 61.8 Å². The van der Waals surface area contributed by atoms with Crippen molar-refractivity contribution in [3.63, 3.8) is 0 Å². The summed E-state index contributed by atoms with van der Waals surface area (Å²) in [6, 6.07) is 10.3. The SMILES string of the molecule is COc1cccc(C(=O)O[C@@H](C)C(=O)c2ccc(C)c(C)c2)c1OC. The van der Waals surface area contributed by atoms with Crippen LogP contribution in [0.15, 0.2) is 36.4 Å². The highest BCUT2D eigenvalue weighted by atomic mass is 16.6. The van der Waals surface area contributed by atoms with E-state index in [2.05, 4.69) is 0 Å². The highest BCUT2D eigenvalue weighted by molar-refractivity contribution is 6.02. The maximum absolute atomic E-state index is 12.5. The first kappa shape index (κ1) is 18.5. The van der Waals surface area contributed by atoms with E-state index in [1.807, 2.05) is 19.9 Å². The molecule has 2 aromatic carbocycles. The second-order valence-electron chi connectivity index (χ2n) is 5.75. The summed E-state index contributed by atoms with van der Waals surface area (Å²) < 4.78 is 15.7. The van der Waals surface area contributed by atoms with Crippen molar-refractivity contribution in [2.45, 2.75) is 26.9 Å². The third-order valence-electron chi connectivity index (χ3n) is 4.07. The molecule has 0 fully saturated rings. The van der Waals surface area contributed by atoms with Crippen molar-refractivity contribution in [3.05, 3.63) is 58.7 Å². The molecule has 0 N–H and O–H groups in total. The van der Waals surface area contributed by atoms with Crippen LogP contribution in [0.1, 0.15) is 38.8 Å². The molecule has 2 aromatic rings. The molecule has 0 saturated heterocycles. The van der Waals surface area contributed by atoms with Crippen molar-refractivity contribution >= 4 is 11.8 Å². The smallest absolute Gasteiger partial charge is 0.342 e. The summed E-state index contributed by atoms with van der Waals surface area (Å²) in [6.07, 6.45) is -0.912. The van der Waals surface area contributed by atoms with Crippen LogP contribution < -0.4 is 9.47 Å². The van der Waals surface area contributed by atoms with E-state index in [0.717, 1.165) is 11.1 Å². The van der Waals surface area contributed by atoms with Gasteiger partial charge in [-0.2, -0.15) is 0 Å². The number of hydrogen-bond acceptors (Lipinski definition) is 5. The lowest BCUT2D eigenvalue weighted by Gasteiger charge is -2.15. The molecule has 0 unspecified atom stereocenters. The molecule has 0 aromatic heterocycles. The van der Waals surface area contributed by atoms with Gasteiger partial charge in [-0.25, -0.2) is 4.79 Å². The van der Waals surface area contributed by atoms with Crippen molar-refractivity contribution in [2.24, 2.45) is 0 Å². The van der Waals surface area contributed by atoms with Crippen LogP contribution in [0.3, 0.4) is 0 Å².